The highest BCUT2D eigenvalue weighted by atomic mass is 16.4. The maximum Gasteiger partial charge on any atom is 0.326 e. The zero-order valence-corrected chi connectivity index (χ0v) is 19.6. The fourth-order valence-electron chi connectivity index (χ4n) is 3.69. The molecule has 1 rings (SSSR count). The number of carbonyl (C=O) groups excluding carboxylic acids is 5. The summed E-state index contributed by atoms with van der Waals surface area (Å²) in [4.78, 5) is 73.4. The third kappa shape index (κ3) is 8.61. The van der Waals surface area contributed by atoms with Crippen LogP contribution in [0.4, 0.5) is 0 Å². The highest BCUT2D eigenvalue weighted by Gasteiger charge is 2.38. The summed E-state index contributed by atoms with van der Waals surface area (Å²) in [6, 6.07) is -4.25. The minimum atomic E-state index is -1.35. The number of hydrogen-bond donors (Lipinski definition) is 6. The number of primary amides is 2. The molecule has 5 unspecified atom stereocenters. The van der Waals surface area contributed by atoms with E-state index in [0.29, 0.717) is 25.8 Å². The van der Waals surface area contributed by atoms with Crippen LogP contribution >= 0.6 is 0 Å². The molecule has 0 aromatic rings. The summed E-state index contributed by atoms with van der Waals surface area (Å²) in [5.74, 6) is -4.73. The van der Waals surface area contributed by atoms with E-state index in [1.807, 2.05) is 6.92 Å². The van der Waals surface area contributed by atoms with Crippen LogP contribution in [0.5, 0.6) is 0 Å². The molecule has 0 aromatic heterocycles. The minimum Gasteiger partial charge on any atom is -0.480 e. The van der Waals surface area contributed by atoms with Crippen molar-refractivity contribution in [2.75, 3.05) is 6.54 Å². The van der Waals surface area contributed by atoms with Crippen molar-refractivity contribution in [3.05, 3.63) is 0 Å². The van der Waals surface area contributed by atoms with Crippen LogP contribution in [0.2, 0.25) is 0 Å². The number of carbonyl (C=O) groups is 6. The van der Waals surface area contributed by atoms with Crippen molar-refractivity contribution in [3.63, 3.8) is 0 Å². The molecule has 1 heterocycles. The van der Waals surface area contributed by atoms with Gasteiger partial charge in [-0.3, -0.25) is 24.0 Å². The normalized spacial score (nSPS) is 18.9. The van der Waals surface area contributed by atoms with Gasteiger partial charge in [0, 0.05) is 19.4 Å². The van der Waals surface area contributed by atoms with Gasteiger partial charge in [-0.2, -0.15) is 0 Å². The molecule has 1 fully saturated rings. The van der Waals surface area contributed by atoms with E-state index in [2.05, 4.69) is 10.6 Å². The lowest BCUT2D eigenvalue weighted by Crippen LogP contribution is -2.58. The van der Waals surface area contributed by atoms with Crippen molar-refractivity contribution in [1.82, 2.24) is 15.5 Å². The average molecular weight is 485 g/mol. The van der Waals surface area contributed by atoms with Gasteiger partial charge in [-0.1, -0.05) is 20.3 Å². The molecule has 0 bridgehead atoms. The number of rotatable bonds is 14. The molecule has 34 heavy (non-hydrogen) atoms. The number of nitrogens with zero attached hydrogens (tertiary/aromatic N) is 1. The summed E-state index contributed by atoms with van der Waals surface area (Å²) < 4.78 is 0. The van der Waals surface area contributed by atoms with Gasteiger partial charge in [-0.15, -0.1) is 0 Å². The lowest BCUT2D eigenvalue weighted by atomic mass is 9.97. The third-order valence-corrected chi connectivity index (χ3v) is 5.94. The number of carboxylic acid groups (broad SMARTS) is 1. The van der Waals surface area contributed by atoms with Gasteiger partial charge in [0.25, 0.3) is 0 Å². The zero-order valence-electron chi connectivity index (χ0n) is 19.6. The van der Waals surface area contributed by atoms with Crippen LogP contribution in [0.15, 0.2) is 0 Å². The first-order chi connectivity index (χ1) is 15.9. The number of nitrogens with two attached hydrogens (primary N) is 3. The molecule has 13 heteroatoms. The van der Waals surface area contributed by atoms with Gasteiger partial charge in [0.05, 0.1) is 6.04 Å². The van der Waals surface area contributed by atoms with E-state index in [1.165, 1.54) is 4.90 Å². The van der Waals surface area contributed by atoms with Crippen molar-refractivity contribution in [2.24, 2.45) is 23.1 Å². The quantitative estimate of drug-likeness (QED) is 0.160. The van der Waals surface area contributed by atoms with Crippen molar-refractivity contribution in [3.8, 4) is 0 Å². The van der Waals surface area contributed by atoms with Crippen LogP contribution in [0.3, 0.4) is 0 Å². The van der Waals surface area contributed by atoms with E-state index in [1.54, 1.807) is 6.92 Å². The van der Waals surface area contributed by atoms with E-state index in [9.17, 15) is 33.9 Å². The molecule has 1 saturated heterocycles. The number of hydrogen-bond acceptors (Lipinski definition) is 7. The molecular weight excluding hydrogens is 448 g/mol. The Kier molecular flexibility index (Phi) is 11.4. The van der Waals surface area contributed by atoms with Crippen LogP contribution in [0.25, 0.3) is 0 Å². The van der Waals surface area contributed by atoms with E-state index in [0.717, 1.165) is 0 Å². The number of amides is 5. The van der Waals surface area contributed by atoms with Crippen LogP contribution in [0, 0.1) is 5.92 Å². The second-order valence-electron chi connectivity index (χ2n) is 8.58. The van der Waals surface area contributed by atoms with E-state index < -0.39 is 59.7 Å². The molecule has 5 amide bonds. The first kappa shape index (κ1) is 28.8. The van der Waals surface area contributed by atoms with Gasteiger partial charge in [0.1, 0.15) is 18.1 Å². The standard InChI is InChI=1S/C21H36N6O7/c1-3-11(2)17(19(31)25-13(21(33)34)7-9-16(24)29)26-18(30)14-5-4-10-27(14)20(32)12(22)6-8-15(23)28/h11-14,17H,3-10,22H2,1-2H3,(H2,23,28)(H2,24,29)(H,25,31)(H,26,30)(H,33,34). The van der Waals surface area contributed by atoms with Crippen LogP contribution in [0.1, 0.15) is 58.8 Å². The highest BCUT2D eigenvalue weighted by Crippen LogP contribution is 2.20. The van der Waals surface area contributed by atoms with Crippen LogP contribution < -0.4 is 27.8 Å². The summed E-state index contributed by atoms with van der Waals surface area (Å²) in [5.41, 5.74) is 16.0. The predicted molar refractivity (Wildman–Crippen MR) is 121 cm³/mol. The van der Waals surface area contributed by atoms with E-state index in [-0.39, 0.29) is 31.6 Å². The molecule has 192 valence electrons. The van der Waals surface area contributed by atoms with Gasteiger partial charge in [-0.25, -0.2) is 4.79 Å². The Hall–Kier alpha value is -3.22. The van der Waals surface area contributed by atoms with Gasteiger partial charge < -0.3 is 37.8 Å². The Balaban J connectivity index is 2.91. The van der Waals surface area contributed by atoms with E-state index in [4.69, 9.17) is 17.2 Å². The maximum absolute atomic E-state index is 13.0. The topological polar surface area (TPSA) is 228 Å². The Morgan fingerprint density at radius 2 is 1.62 bits per heavy atom. The molecule has 0 saturated carbocycles. The summed E-state index contributed by atoms with van der Waals surface area (Å²) >= 11 is 0. The molecule has 13 nitrogen and oxygen atoms in total. The molecule has 5 atom stereocenters. The van der Waals surface area contributed by atoms with Crippen molar-refractivity contribution < 1.29 is 33.9 Å². The summed E-state index contributed by atoms with van der Waals surface area (Å²) in [7, 11) is 0. The third-order valence-electron chi connectivity index (χ3n) is 5.94. The largest absolute Gasteiger partial charge is 0.480 e. The van der Waals surface area contributed by atoms with Gasteiger partial charge in [0.2, 0.25) is 29.5 Å². The number of nitrogens with one attached hydrogen (secondary N) is 2. The molecular formula is C21H36N6O7. The lowest BCUT2D eigenvalue weighted by Gasteiger charge is -2.30. The van der Waals surface area contributed by atoms with E-state index >= 15 is 0 Å². The molecule has 1 aliphatic heterocycles. The second kappa shape index (κ2) is 13.5. The molecule has 9 N–H and O–H groups in total. The van der Waals surface area contributed by atoms with Crippen molar-refractivity contribution in [1.29, 1.82) is 0 Å². The van der Waals surface area contributed by atoms with Gasteiger partial charge in [0.15, 0.2) is 0 Å². The molecule has 0 aliphatic carbocycles. The molecule has 0 spiro atoms. The Morgan fingerprint density at radius 3 is 2.15 bits per heavy atom. The van der Waals surface area contributed by atoms with Gasteiger partial charge >= 0.3 is 5.97 Å². The smallest absolute Gasteiger partial charge is 0.326 e. The average Bonchev–Trinajstić information content (AvgIpc) is 3.26. The van der Waals surface area contributed by atoms with Crippen molar-refractivity contribution in [2.45, 2.75) is 83.0 Å². The monoisotopic (exact) mass is 484 g/mol. The van der Waals surface area contributed by atoms with Crippen LogP contribution in [-0.2, 0) is 28.8 Å². The number of carboxylic acids is 1. The Labute approximate surface area is 198 Å². The number of aliphatic carboxylic acids is 1. The highest BCUT2D eigenvalue weighted by molar-refractivity contribution is 5.94. The lowest BCUT2D eigenvalue weighted by molar-refractivity contribution is -0.143. The van der Waals surface area contributed by atoms with Crippen molar-refractivity contribution >= 4 is 35.5 Å². The summed E-state index contributed by atoms with van der Waals surface area (Å²) in [6.07, 6.45) is 1.00. The predicted octanol–water partition coefficient (Wildman–Crippen LogP) is -2.06. The Morgan fingerprint density at radius 1 is 1.03 bits per heavy atom. The maximum atomic E-state index is 13.0. The first-order valence-corrected chi connectivity index (χ1v) is 11.3. The van der Waals surface area contributed by atoms with Gasteiger partial charge in [-0.05, 0) is 31.6 Å². The molecule has 1 aliphatic rings. The number of likely N-dealkylation sites (tertiary alicyclic amines) is 1. The fraction of sp³-hybridized carbons (Fsp3) is 0.714. The SMILES string of the molecule is CCC(C)C(NC(=O)C1CCCN1C(=O)C(N)CCC(N)=O)C(=O)NC(CCC(N)=O)C(=O)O. The summed E-state index contributed by atoms with van der Waals surface area (Å²) in [6.45, 7) is 3.83. The van der Waals surface area contributed by atoms with Crippen LogP contribution in [-0.4, -0.2) is 76.2 Å². The Bertz CT molecular complexity index is 790. The minimum absolute atomic E-state index is 0.0544. The fourth-order valence-corrected chi connectivity index (χ4v) is 3.69. The zero-order chi connectivity index (χ0) is 26.0. The summed E-state index contributed by atoms with van der Waals surface area (Å²) in [5, 5.41) is 14.4. The first-order valence-electron chi connectivity index (χ1n) is 11.3. The molecule has 0 radical (unpaired) electrons. The second-order valence-corrected chi connectivity index (χ2v) is 8.58. The molecule has 0 aromatic carbocycles.